The second-order valence-electron chi connectivity index (χ2n) is 4.62. The Labute approximate surface area is 120 Å². The first-order valence-corrected chi connectivity index (χ1v) is 6.55. The first-order valence-electron chi connectivity index (χ1n) is 5.76. The maximum atomic E-state index is 12.8. The third-order valence-corrected chi connectivity index (χ3v) is 3.72. The van der Waals surface area contributed by atoms with Crippen LogP contribution in [0.5, 0.6) is 5.75 Å². The Morgan fingerprint density at radius 1 is 1.40 bits per heavy atom. The molecule has 0 bridgehead atoms. The Kier molecular flexibility index (Phi) is 3.97. The molecule has 4 nitrogen and oxygen atoms in total. The monoisotopic (exact) mass is 353 g/mol. The van der Waals surface area contributed by atoms with E-state index in [4.69, 9.17) is 5.11 Å². The van der Waals surface area contributed by atoms with Crippen LogP contribution in [-0.4, -0.2) is 22.7 Å². The van der Waals surface area contributed by atoms with Gasteiger partial charge < -0.3 is 15.5 Å². The lowest BCUT2D eigenvalue weighted by Gasteiger charge is -2.17. The van der Waals surface area contributed by atoms with Crippen molar-refractivity contribution in [3.05, 3.63) is 27.7 Å². The van der Waals surface area contributed by atoms with Crippen molar-refractivity contribution >= 4 is 21.9 Å². The van der Waals surface area contributed by atoms with Gasteiger partial charge in [0, 0.05) is 22.6 Å². The SMILES string of the molecule is O=C(O)C1CNC(c2cc(Br)cc(C(F)(F)F)c2O)C1. The van der Waals surface area contributed by atoms with E-state index in [-0.39, 0.29) is 23.0 Å². The molecule has 1 aromatic carbocycles. The number of alkyl halides is 3. The minimum absolute atomic E-state index is 0.0513. The van der Waals surface area contributed by atoms with E-state index >= 15 is 0 Å². The number of benzene rings is 1. The average Bonchev–Trinajstić information content (AvgIpc) is 2.79. The minimum Gasteiger partial charge on any atom is -0.507 e. The molecule has 8 heteroatoms. The summed E-state index contributed by atoms with van der Waals surface area (Å²) in [6.45, 7) is 0.160. The zero-order valence-corrected chi connectivity index (χ0v) is 11.6. The number of hydrogen-bond donors (Lipinski definition) is 3. The van der Waals surface area contributed by atoms with Gasteiger partial charge >= 0.3 is 12.1 Å². The van der Waals surface area contributed by atoms with Crippen LogP contribution in [0.15, 0.2) is 16.6 Å². The normalized spacial score (nSPS) is 23.0. The second kappa shape index (κ2) is 5.25. The summed E-state index contributed by atoms with van der Waals surface area (Å²) in [5.74, 6) is -2.54. The highest BCUT2D eigenvalue weighted by Crippen LogP contribution is 2.43. The largest absolute Gasteiger partial charge is 0.507 e. The molecule has 1 aromatic rings. The third-order valence-electron chi connectivity index (χ3n) is 3.27. The van der Waals surface area contributed by atoms with E-state index in [9.17, 15) is 23.1 Å². The third kappa shape index (κ3) is 2.90. The number of phenols is 1. The molecule has 2 atom stereocenters. The fraction of sp³-hybridized carbons (Fsp3) is 0.417. The highest BCUT2D eigenvalue weighted by atomic mass is 79.9. The van der Waals surface area contributed by atoms with E-state index < -0.39 is 35.4 Å². The number of nitrogens with one attached hydrogen (secondary N) is 1. The Morgan fingerprint density at radius 2 is 2.05 bits per heavy atom. The number of carboxylic acid groups (broad SMARTS) is 1. The predicted octanol–water partition coefficient (Wildman–Crippen LogP) is 2.91. The maximum Gasteiger partial charge on any atom is 0.420 e. The van der Waals surface area contributed by atoms with Crippen molar-refractivity contribution in [2.45, 2.75) is 18.6 Å². The highest BCUT2D eigenvalue weighted by Gasteiger charge is 2.38. The molecule has 1 heterocycles. The lowest BCUT2D eigenvalue weighted by Crippen LogP contribution is -2.17. The molecule has 20 heavy (non-hydrogen) atoms. The van der Waals surface area contributed by atoms with E-state index in [0.29, 0.717) is 0 Å². The highest BCUT2D eigenvalue weighted by molar-refractivity contribution is 9.10. The van der Waals surface area contributed by atoms with Gasteiger partial charge in [-0.25, -0.2) is 0 Å². The molecule has 0 amide bonds. The molecule has 1 fully saturated rings. The van der Waals surface area contributed by atoms with Crippen LogP contribution in [0.25, 0.3) is 0 Å². The van der Waals surface area contributed by atoms with Gasteiger partial charge in [0.1, 0.15) is 5.75 Å². The zero-order valence-electron chi connectivity index (χ0n) is 10.0. The summed E-state index contributed by atoms with van der Waals surface area (Å²) in [4.78, 5) is 10.9. The van der Waals surface area contributed by atoms with E-state index in [1.807, 2.05) is 0 Å². The number of carbonyl (C=O) groups is 1. The summed E-state index contributed by atoms with van der Waals surface area (Å²) < 4.78 is 38.6. The van der Waals surface area contributed by atoms with Crippen LogP contribution in [0, 0.1) is 5.92 Å². The molecule has 1 saturated heterocycles. The molecule has 3 N–H and O–H groups in total. The first-order chi connectivity index (χ1) is 9.20. The quantitative estimate of drug-likeness (QED) is 0.764. The molecule has 0 saturated carbocycles. The summed E-state index contributed by atoms with van der Waals surface area (Å²) in [6.07, 6.45) is -4.54. The topological polar surface area (TPSA) is 69.6 Å². The number of halogens is 4. The molecule has 0 aromatic heterocycles. The van der Waals surface area contributed by atoms with Gasteiger partial charge in [-0.05, 0) is 18.6 Å². The predicted molar refractivity (Wildman–Crippen MR) is 67.3 cm³/mol. The summed E-state index contributed by atoms with van der Waals surface area (Å²) in [6, 6.07) is 1.55. The lowest BCUT2D eigenvalue weighted by molar-refractivity contribution is -0.141. The molecule has 1 aliphatic heterocycles. The fourth-order valence-corrected chi connectivity index (χ4v) is 2.74. The fourth-order valence-electron chi connectivity index (χ4n) is 2.26. The first kappa shape index (κ1) is 15.1. The molecule has 2 rings (SSSR count). The van der Waals surface area contributed by atoms with E-state index in [1.54, 1.807) is 0 Å². The van der Waals surface area contributed by atoms with E-state index in [2.05, 4.69) is 21.2 Å². The van der Waals surface area contributed by atoms with Gasteiger partial charge in [-0.15, -0.1) is 0 Å². The second-order valence-corrected chi connectivity index (χ2v) is 5.54. The molecule has 1 aliphatic rings. The van der Waals surface area contributed by atoms with Crippen molar-refractivity contribution in [1.82, 2.24) is 5.32 Å². The Morgan fingerprint density at radius 3 is 2.55 bits per heavy atom. The van der Waals surface area contributed by atoms with Crippen LogP contribution in [0.4, 0.5) is 13.2 Å². The van der Waals surface area contributed by atoms with Crippen LogP contribution < -0.4 is 5.32 Å². The molecule has 2 unspecified atom stereocenters. The zero-order chi connectivity index (χ0) is 15.1. The molecular weight excluding hydrogens is 343 g/mol. The smallest absolute Gasteiger partial charge is 0.420 e. The Bertz CT molecular complexity index is 547. The van der Waals surface area contributed by atoms with Crippen LogP contribution >= 0.6 is 15.9 Å². The van der Waals surface area contributed by atoms with Crippen LogP contribution in [0.3, 0.4) is 0 Å². The Balaban J connectivity index is 2.38. The summed E-state index contributed by atoms with van der Waals surface area (Å²) in [7, 11) is 0. The standard InChI is InChI=1S/C12H11BrF3NO3/c13-6-2-7(9-1-5(4-17-9)11(19)20)10(18)8(3-6)12(14,15)16/h2-3,5,9,17-18H,1,4H2,(H,19,20). The molecule has 0 aliphatic carbocycles. The van der Waals surface area contributed by atoms with Crippen molar-refractivity contribution in [1.29, 1.82) is 0 Å². The number of rotatable bonds is 2. The number of hydrogen-bond acceptors (Lipinski definition) is 3. The van der Waals surface area contributed by atoms with Gasteiger partial charge in [0.15, 0.2) is 0 Å². The molecular formula is C12H11BrF3NO3. The minimum atomic E-state index is -4.67. The van der Waals surface area contributed by atoms with Gasteiger partial charge in [-0.2, -0.15) is 13.2 Å². The number of aliphatic carboxylic acids is 1. The van der Waals surface area contributed by atoms with Crippen molar-refractivity contribution < 1.29 is 28.2 Å². The summed E-state index contributed by atoms with van der Waals surface area (Å²) >= 11 is 2.98. The van der Waals surface area contributed by atoms with Gasteiger partial charge in [0.25, 0.3) is 0 Å². The van der Waals surface area contributed by atoms with Crippen LogP contribution in [0.1, 0.15) is 23.6 Å². The number of carboxylic acids is 1. The van der Waals surface area contributed by atoms with Gasteiger partial charge in [-0.3, -0.25) is 4.79 Å². The van der Waals surface area contributed by atoms with Gasteiger partial charge in [0.05, 0.1) is 11.5 Å². The van der Waals surface area contributed by atoms with Gasteiger partial charge in [0.2, 0.25) is 0 Å². The molecule has 110 valence electrons. The summed E-state index contributed by atoms with van der Waals surface area (Å²) in [5.41, 5.74) is -1.09. The molecule has 0 spiro atoms. The lowest BCUT2D eigenvalue weighted by atomic mass is 9.97. The van der Waals surface area contributed by atoms with Crippen LogP contribution in [0.2, 0.25) is 0 Å². The van der Waals surface area contributed by atoms with Gasteiger partial charge in [-0.1, -0.05) is 15.9 Å². The van der Waals surface area contributed by atoms with Crippen molar-refractivity contribution in [3.8, 4) is 5.75 Å². The van der Waals surface area contributed by atoms with E-state index in [1.165, 1.54) is 6.07 Å². The van der Waals surface area contributed by atoms with Crippen molar-refractivity contribution in [2.75, 3.05) is 6.54 Å². The maximum absolute atomic E-state index is 12.8. The van der Waals surface area contributed by atoms with E-state index in [0.717, 1.165) is 6.07 Å². The summed E-state index contributed by atoms with van der Waals surface area (Å²) in [5, 5.41) is 21.5. The van der Waals surface area contributed by atoms with Crippen molar-refractivity contribution in [3.63, 3.8) is 0 Å². The Hall–Kier alpha value is -1.28. The number of phenolic OH excluding ortho intramolecular Hbond substituents is 1. The van der Waals surface area contributed by atoms with Crippen LogP contribution in [-0.2, 0) is 11.0 Å². The number of aromatic hydroxyl groups is 1. The van der Waals surface area contributed by atoms with Crippen molar-refractivity contribution in [2.24, 2.45) is 5.92 Å². The molecule has 0 radical (unpaired) electrons. The average molecular weight is 354 g/mol.